The van der Waals surface area contributed by atoms with Crippen LogP contribution in [0.5, 0.6) is 0 Å². The Kier molecular flexibility index (Phi) is 7.48. The lowest BCUT2D eigenvalue weighted by molar-refractivity contribution is -0.137. The van der Waals surface area contributed by atoms with E-state index in [1.165, 1.54) is 11.8 Å². The number of hydrogen-bond donors (Lipinski definition) is 1. The third-order valence-corrected chi connectivity index (χ3v) is 8.09. The third-order valence-electron chi connectivity index (χ3n) is 7.13. The van der Waals surface area contributed by atoms with Crippen LogP contribution < -0.4 is 5.32 Å². The van der Waals surface area contributed by atoms with Crippen molar-refractivity contribution in [3.05, 3.63) is 77.7 Å². The number of nitrogens with zero attached hydrogens (tertiary/aromatic N) is 6. The number of benzene rings is 2. The fourth-order valence-corrected chi connectivity index (χ4v) is 5.92. The molecular weight excluding hydrogens is 581 g/mol. The fourth-order valence-electron chi connectivity index (χ4n) is 5.11. The van der Waals surface area contributed by atoms with E-state index in [0.717, 1.165) is 22.7 Å². The summed E-state index contributed by atoms with van der Waals surface area (Å²) in [5, 5.41) is 11.7. The second kappa shape index (κ2) is 11.4. The van der Waals surface area contributed by atoms with Crippen LogP contribution in [0.25, 0.3) is 33.4 Å². The molecule has 212 valence electrons. The summed E-state index contributed by atoms with van der Waals surface area (Å²) in [5.41, 5.74) is 3.41. The fraction of sp³-hybridized carbons (Fsp3) is 0.207. The van der Waals surface area contributed by atoms with Crippen LogP contribution in [0.2, 0.25) is 5.02 Å². The van der Waals surface area contributed by atoms with Crippen molar-refractivity contribution in [1.82, 2.24) is 29.0 Å². The van der Waals surface area contributed by atoms with E-state index in [2.05, 4.69) is 24.9 Å². The Bertz CT molecular complexity index is 1830. The number of carbonyl (C=O) groups excluding carboxylic acids is 3. The van der Waals surface area contributed by atoms with Crippen molar-refractivity contribution >= 4 is 56.8 Å². The van der Waals surface area contributed by atoms with Gasteiger partial charge in [0.2, 0.25) is 16.9 Å². The first-order valence-electron chi connectivity index (χ1n) is 13.0. The molecule has 3 aromatic heterocycles. The number of amides is 2. The number of likely N-dealkylation sites (tertiary alicyclic amines) is 1. The number of nitrogens with one attached hydrogen (secondary N) is 1. The number of carbonyl (C=O) groups is 3. The molecule has 5 aromatic rings. The predicted molar refractivity (Wildman–Crippen MR) is 157 cm³/mol. The van der Waals surface area contributed by atoms with Crippen LogP contribution in [-0.4, -0.2) is 65.4 Å². The van der Waals surface area contributed by atoms with Gasteiger partial charge in [0.15, 0.2) is 11.6 Å². The summed E-state index contributed by atoms with van der Waals surface area (Å²) in [6.45, 7) is 1.07. The van der Waals surface area contributed by atoms with Crippen LogP contribution in [0.4, 0.5) is 9.52 Å². The largest absolute Gasteiger partial charge is 0.337 e. The smallest absolute Gasteiger partial charge is 0.249 e. The van der Waals surface area contributed by atoms with Gasteiger partial charge in [-0.2, -0.15) is 19.6 Å². The Morgan fingerprint density at radius 1 is 1.12 bits per heavy atom. The minimum absolute atomic E-state index is 0.137. The predicted octanol–water partition coefficient (Wildman–Crippen LogP) is 5.05. The van der Waals surface area contributed by atoms with Gasteiger partial charge in [0.1, 0.15) is 18.8 Å². The maximum atomic E-state index is 14.6. The van der Waals surface area contributed by atoms with Crippen molar-refractivity contribution in [1.29, 1.82) is 0 Å². The Morgan fingerprint density at radius 3 is 2.71 bits per heavy atom. The van der Waals surface area contributed by atoms with E-state index < -0.39 is 24.0 Å². The highest BCUT2D eigenvalue weighted by atomic mass is 35.5. The molecule has 2 atom stereocenters. The SMILES string of the molecule is CC(=O)c1cn(CC(=O)N2C[C@H](F)C[C@H]2C(=O)Nc2nc(-c3ccccc3Cl)ns2)c2ccc(-c3ccnnc3)cc12. The maximum absolute atomic E-state index is 14.6. The average Bonchev–Trinajstić information content (AvgIpc) is 3.71. The summed E-state index contributed by atoms with van der Waals surface area (Å²) < 4.78 is 20.5. The maximum Gasteiger partial charge on any atom is 0.249 e. The van der Waals surface area contributed by atoms with Gasteiger partial charge in [-0.15, -0.1) is 0 Å². The summed E-state index contributed by atoms with van der Waals surface area (Å²) in [4.78, 5) is 44.7. The molecule has 1 aliphatic heterocycles. The zero-order chi connectivity index (χ0) is 29.4. The number of hydrogen-bond acceptors (Lipinski definition) is 8. The van der Waals surface area contributed by atoms with Gasteiger partial charge in [-0.25, -0.2) is 4.39 Å². The first-order valence-corrected chi connectivity index (χ1v) is 14.2. The van der Waals surface area contributed by atoms with Gasteiger partial charge in [-0.3, -0.25) is 19.7 Å². The van der Waals surface area contributed by atoms with Crippen LogP contribution in [0.1, 0.15) is 23.7 Å². The summed E-state index contributed by atoms with van der Waals surface area (Å²) in [6.07, 6.45) is 3.33. The number of aromatic nitrogens is 5. The number of rotatable bonds is 7. The molecule has 6 rings (SSSR count). The molecule has 0 bridgehead atoms. The van der Waals surface area contributed by atoms with E-state index in [0.29, 0.717) is 32.9 Å². The molecule has 1 saturated heterocycles. The average molecular weight is 604 g/mol. The van der Waals surface area contributed by atoms with Gasteiger partial charge in [0.25, 0.3) is 0 Å². The molecule has 4 heterocycles. The molecule has 1 fully saturated rings. The second-order valence-corrected chi connectivity index (χ2v) is 11.0. The molecule has 2 aromatic carbocycles. The summed E-state index contributed by atoms with van der Waals surface area (Å²) in [6, 6.07) is 13.4. The summed E-state index contributed by atoms with van der Waals surface area (Å²) >= 11 is 7.20. The number of Topliss-reactive ketones (excluding diaryl/α,β-unsaturated/α-hetero) is 1. The van der Waals surface area contributed by atoms with Gasteiger partial charge in [0, 0.05) is 51.7 Å². The lowest BCUT2D eigenvalue weighted by Crippen LogP contribution is -2.44. The van der Waals surface area contributed by atoms with Crippen LogP contribution >= 0.6 is 23.1 Å². The standard InChI is InChI=1S/C29H23ClFN7O3S/c1-16(39)22-14-37(24-7-6-17(10-21(22)24)18-8-9-32-33-12-18)15-26(40)38-13-19(31)11-25(38)28(41)35-29-34-27(36-42-29)20-4-2-3-5-23(20)30/h2-10,12,14,19,25H,11,13,15H2,1H3,(H,34,35,36,41)/t19-,25+/m1/s1. The highest BCUT2D eigenvalue weighted by molar-refractivity contribution is 7.10. The van der Waals surface area contributed by atoms with Crippen molar-refractivity contribution in [2.75, 3.05) is 11.9 Å². The van der Waals surface area contributed by atoms with Crippen LogP contribution in [0, 0.1) is 0 Å². The summed E-state index contributed by atoms with van der Waals surface area (Å²) in [7, 11) is 0. The van der Waals surface area contributed by atoms with E-state index in [1.807, 2.05) is 24.3 Å². The molecule has 13 heteroatoms. The molecule has 1 aliphatic rings. The second-order valence-electron chi connectivity index (χ2n) is 9.88. The molecule has 0 radical (unpaired) electrons. The van der Waals surface area contributed by atoms with E-state index in [4.69, 9.17) is 11.6 Å². The van der Waals surface area contributed by atoms with Gasteiger partial charge in [-0.1, -0.05) is 29.8 Å². The lowest BCUT2D eigenvalue weighted by Gasteiger charge is -2.23. The molecule has 1 N–H and O–H groups in total. The molecule has 2 amide bonds. The number of alkyl halides is 1. The Labute approximate surface area is 248 Å². The van der Waals surface area contributed by atoms with Crippen molar-refractivity contribution in [2.45, 2.75) is 32.1 Å². The topological polar surface area (TPSA) is 123 Å². The summed E-state index contributed by atoms with van der Waals surface area (Å²) in [5.74, 6) is -0.805. The molecule has 0 aliphatic carbocycles. The van der Waals surface area contributed by atoms with Gasteiger partial charge in [0.05, 0.1) is 24.0 Å². The van der Waals surface area contributed by atoms with Gasteiger partial charge in [-0.05, 0) is 42.8 Å². The van der Waals surface area contributed by atoms with Gasteiger partial charge >= 0.3 is 0 Å². The Balaban J connectivity index is 1.22. The third kappa shape index (κ3) is 5.38. The first-order chi connectivity index (χ1) is 20.3. The van der Waals surface area contributed by atoms with Crippen molar-refractivity contribution in [2.24, 2.45) is 0 Å². The van der Waals surface area contributed by atoms with Crippen molar-refractivity contribution in [3.8, 4) is 22.5 Å². The van der Waals surface area contributed by atoms with Crippen LogP contribution in [0.15, 0.2) is 67.1 Å². The Hall–Kier alpha value is -4.55. The van der Waals surface area contributed by atoms with Crippen LogP contribution in [0.3, 0.4) is 0 Å². The van der Waals surface area contributed by atoms with Crippen LogP contribution in [-0.2, 0) is 16.1 Å². The normalized spacial score (nSPS) is 16.6. The molecular formula is C29H23ClFN7O3S. The quantitative estimate of drug-likeness (QED) is 0.258. The highest BCUT2D eigenvalue weighted by Gasteiger charge is 2.40. The highest BCUT2D eigenvalue weighted by Crippen LogP contribution is 2.30. The van der Waals surface area contributed by atoms with Crippen molar-refractivity contribution < 1.29 is 18.8 Å². The van der Waals surface area contributed by atoms with Crippen molar-refractivity contribution in [3.63, 3.8) is 0 Å². The molecule has 0 unspecified atom stereocenters. The minimum atomic E-state index is -1.36. The van der Waals surface area contributed by atoms with E-state index >= 15 is 0 Å². The molecule has 0 spiro atoms. The molecule has 42 heavy (non-hydrogen) atoms. The van der Waals surface area contributed by atoms with E-state index in [9.17, 15) is 18.8 Å². The Morgan fingerprint density at radius 2 is 1.95 bits per heavy atom. The van der Waals surface area contributed by atoms with Gasteiger partial charge < -0.3 is 9.47 Å². The number of fused-ring (bicyclic) bond motifs is 1. The molecule has 0 saturated carbocycles. The first kappa shape index (κ1) is 27.6. The number of halogens is 2. The minimum Gasteiger partial charge on any atom is -0.337 e. The van der Waals surface area contributed by atoms with E-state index in [-0.39, 0.29) is 30.4 Å². The zero-order valence-electron chi connectivity index (χ0n) is 22.2. The molecule has 10 nitrogen and oxygen atoms in total. The lowest BCUT2D eigenvalue weighted by atomic mass is 10.0. The number of anilines is 1. The monoisotopic (exact) mass is 603 g/mol. The number of ketones is 1. The zero-order valence-corrected chi connectivity index (χ0v) is 23.8. The van der Waals surface area contributed by atoms with E-state index in [1.54, 1.807) is 47.4 Å².